The molecule has 0 saturated carbocycles. The van der Waals surface area contributed by atoms with E-state index < -0.39 is 0 Å². The maximum atomic E-state index is 12.4. The Balaban J connectivity index is 1.31. The number of carbonyl (C=O) groups excluding carboxylic acids is 1. The molecule has 0 aliphatic carbocycles. The number of hydrogen-bond acceptors (Lipinski definition) is 7. The van der Waals surface area contributed by atoms with E-state index in [1.807, 2.05) is 12.1 Å². The Morgan fingerprint density at radius 2 is 2.22 bits per heavy atom. The van der Waals surface area contributed by atoms with Gasteiger partial charge in [0, 0.05) is 39.2 Å². The van der Waals surface area contributed by atoms with Crippen molar-refractivity contribution in [2.75, 3.05) is 31.1 Å². The molecule has 0 spiro atoms. The minimum Gasteiger partial charge on any atom is -0.485 e. The van der Waals surface area contributed by atoms with Crippen molar-refractivity contribution in [3.05, 3.63) is 30.0 Å². The van der Waals surface area contributed by atoms with Gasteiger partial charge in [0.25, 0.3) is 0 Å². The van der Waals surface area contributed by atoms with Gasteiger partial charge < -0.3 is 24.4 Å². The summed E-state index contributed by atoms with van der Waals surface area (Å²) in [5, 5.41) is 6.60. The molecule has 2 amide bonds. The molecule has 2 aromatic heterocycles. The molecule has 4 rings (SSSR count). The van der Waals surface area contributed by atoms with Gasteiger partial charge in [0.2, 0.25) is 5.89 Å². The molecule has 0 bridgehead atoms. The van der Waals surface area contributed by atoms with E-state index in [4.69, 9.17) is 9.26 Å². The van der Waals surface area contributed by atoms with Crippen LogP contribution in [0.15, 0.2) is 22.9 Å². The third kappa shape index (κ3) is 4.12. The first kappa shape index (κ1) is 17.6. The summed E-state index contributed by atoms with van der Waals surface area (Å²) in [4.78, 5) is 25.0. The van der Waals surface area contributed by atoms with E-state index in [0.717, 1.165) is 31.1 Å². The number of ether oxygens (including phenoxy) is 1. The highest BCUT2D eigenvalue weighted by Crippen LogP contribution is 2.30. The van der Waals surface area contributed by atoms with Gasteiger partial charge in [-0.25, -0.2) is 9.78 Å². The van der Waals surface area contributed by atoms with Crippen molar-refractivity contribution in [2.45, 2.75) is 38.8 Å². The Kier molecular flexibility index (Phi) is 5.08. The van der Waals surface area contributed by atoms with Gasteiger partial charge in [-0.3, -0.25) is 0 Å². The third-order valence-electron chi connectivity index (χ3n) is 4.85. The molecule has 2 fully saturated rings. The zero-order valence-electron chi connectivity index (χ0n) is 15.4. The molecular weight excluding hydrogens is 348 g/mol. The number of pyridine rings is 1. The van der Waals surface area contributed by atoms with Crippen LogP contribution in [0.3, 0.4) is 0 Å². The number of hydrogen-bond donors (Lipinski definition) is 1. The van der Waals surface area contributed by atoms with E-state index in [1.54, 1.807) is 18.0 Å². The highest BCUT2D eigenvalue weighted by atomic mass is 16.5. The second kappa shape index (κ2) is 7.81. The summed E-state index contributed by atoms with van der Waals surface area (Å²) in [5.41, 5.74) is 0. The van der Waals surface area contributed by atoms with Gasteiger partial charge in [-0.15, -0.1) is 0 Å². The van der Waals surface area contributed by atoms with Crippen LogP contribution in [-0.2, 0) is 6.54 Å². The summed E-state index contributed by atoms with van der Waals surface area (Å²) in [6.07, 6.45) is 4.94. The minimum atomic E-state index is -0.144. The molecule has 2 aliphatic heterocycles. The molecule has 1 unspecified atom stereocenters. The molecular formula is C18H24N6O3. The van der Waals surface area contributed by atoms with E-state index in [9.17, 15) is 4.79 Å². The van der Waals surface area contributed by atoms with E-state index in [0.29, 0.717) is 24.8 Å². The number of aromatic nitrogens is 3. The van der Waals surface area contributed by atoms with Crippen LogP contribution in [0.4, 0.5) is 10.6 Å². The van der Waals surface area contributed by atoms with Crippen molar-refractivity contribution >= 4 is 11.8 Å². The van der Waals surface area contributed by atoms with Gasteiger partial charge >= 0.3 is 6.03 Å². The monoisotopic (exact) mass is 372 g/mol. The van der Waals surface area contributed by atoms with Crippen LogP contribution in [0, 0.1) is 6.92 Å². The molecule has 144 valence electrons. The number of nitrogens with zero attached hydrogens (tertiary/aromatic N) is 5. The zero-order valence-corrected chi connectivity index (χ0v) is 15.4. The average Bonchev–Trinajstić information content (AvgIpc) is 3.42. The molecule has 1 atom stereocenters. The van der Waals surface area contributed by atoms with Gasteiger partial charge in [-0.1, -0.05) is 5.16 Å². The van der Waals surface area contributed by atoms with Crippen LogP contribution < -0.4 is 15.0 Å². The topological polar surface area (TPSA) is 96.6 Å². The van der Waals surface area contributed by atoms with Gasteiger partial charge in [-0.05, 0) is 25.0 Å². The molecule has 9 heteroatoms. The summed E-state index contributed by atoms with van der Waals surface area (Å²) >= 11 is 0. The number of rotatable bonds is 5. The predicted molar refractivity (Wildman–Crippen MR) is 97.6 cm³/mol. The Morgan fingerprint density at radius 1 is 1.37 bits per heavy atom. The van der Waals surface area contributed by atoms with E-state index in [1.165, 1.54) is 12.8 Å². The summed E-state index contributed by atoms with van der Waals surface area (Å²) in [6, 6.07) is 3.71. The number of carbonyl (C=O) groups is 1. The Morgan fingerprint density at radius 3 is 3.00 bits per heavy atom. The SMILES string of the molecule is Cc1nc(CNC(=O)N2CCC(Oc3cccnc3N3CCCC3)C2)no1. The lowest BCUT2D eigenvalue weighted by Gasteiger charge is -2.22. The molecule has 27 heavy (non-hydrogen) atoms. The fourth-order valence-electron chi connectivity index (χ4n) is 3.51. The molecule has 0 radical (unpaired) electrons. The normalized spacial score (nSPS) is 19.5. The van der Waals surface area contributed by atoms with Crippen LogP contribution in [0.1, 0.15) is 31.0 Å². The maximum absolute atomic E-state index is 12.4. The van der Waals surface area contributed by atoms with Gasteiger partial charge in [0.05, 0.1) is 13.1 Å². The largest absolute Gasteiger partial charge is 0.485 e. The van der Waals surface area contributed by atoms with Crippen molar-refractivity contribution in [3.63, 3.8) is 0 Å². The van der Waals surface area contributed by atoms with Gasteiger partial charge in [0.15, 0.2) is 17.4 Å². The molecule has 9 nitrogen and oxygen atoms in total. The van der Waals surface area contributed by atoms with Crippen LogP contribution in [-0.4, -0.2) is 58.3 Å². The Hall–Kier alpha value is -2.84. The fraction of sp³-hybridized carbons (Fsp3) is 0.556. The van der Waals surface area contributed by atoms with E-state index in [2.05, 4.69) is 25.3 Å². The first-order valence-corrected chi connectivity index (χ1v) is 9.37. The number of urea groups is 1. The number of aryl methyl sites for hydroxylation is 1. The maximum Gasteiger partial charge on any atom is 0.317 e. The highest BCUT2D eigenvalue weighted by molar-refractivity contribution is 5.74. The molecule has 0 aromatic carbocycles. The number of anilines is 1. The van der Waals surface area contributed by atoms with Crippen LogP contribution in [0.5, 0.6) is 5.75 Å². The zero-order chi connectivity index (χ0) is 18.6. The lowest BCUT2D eigenvalue weighted by atomic mass is 10.3. The molecule has 2 aliphatic rings. The molecule has 1 N–H and O–H groups in total. The van der Waals surface area contributed by atoms with Crippen LogP contribution >= 0.6 is 0 Å². The third-order valence-corrected chi connectivity index (χ3v) is 4.85. The molecule has 2 aromatic rings. The lowest BCUT2D eigenvalue weighted by Crippen LogP contribution is -2.39. The number of amides is 2. The number of likely N-dealkylation sites (tertiary alicyclic amines) is 1. The quantitative estimate of drug-likeness (QED) is 0.854. The fourth-order valence-corrected chi connectivity index (χ4v) is 3.51. The van der Waals surface area contributed by atoms with E-state index >= 15 is 0 Å². The van der Waals surface area contributed by atoms with Crippen molar-refractivity contribution < 1.29 is 14.1 Å². The smallest absolute Gasteiger partial charge is 0.317 e. The summed E-state index contributed by atoms with van der Waals surface area (Å²) in [6.45, 7) is 5.20. The first-order chi connectivity index (χ1) is 13.2. The van der Waals surface area contributed by atoms with E-state index in [-0.39, 0.29) is 18.7 Å². The Labute approximate surface area is 157 Å². The van der Waals surface area contributed by atoms with Gasteiger partial charge in [0.1, 0.15) is 6.10 Å². The predicted octanol–water partition coefficient (Wildman–Crippen LogP) is 1.74. The summed E-state index contributed by atoms with van der Waals surface area (Å²) < 4.78 is 11.1. The highest BCUT2D eigenvalue weighted by Gasteiger charge is 2.29. The van der Waals surface area contributed by atoms with Gasteiger partial charge in [-0.2, -0.15) is 4.98 Å². The second-order valence-corrected chi connectivity index (χ2v) is 6.88. The average molecular weight is 372 g/mol. The second-order valence-electron chi connectivity index (χ2n) is 6.88. The van der Waals surface area contributed by atoms with Crippen molar-refractivity contribution in [1.29, 1.82) is 0 Å². The molecule has 2 saturated heterocycles. The first-order valence-electron chi connectivity index (χ1n) is 9.37. The standard InChI is InChI=1S/C18H24N6O3/c1-13-21-16(22-27-13)11-20-18(25)24-10-6-14(12-24)26-15-5-4-7-19-17(15)23-8-2-3-9-23/h4-5,7,14H,2-3,6,8-12H2,1H3,(H,20,25). The van der Waals surface area contributed by atoms with Crippen LogP contribution in [0.25, 0.3) is 0 Å². The van der Waals surface area contributed by atoms with Crippen molar-refractivity contribution in [1.82, 2.24) is 25.3 Å². The van der Waals surface area contributed by atoms with Crippen LogP contribution in [0.2, 0.25) is 0 Å². The summed E-state index contributed by atoms with van der Waals surface area (Å²) in [7, 11) is 0. The lowest BCUT2D eigenvalue weighted by molar-refractivity contribution is 0.186. The van der Waals surface area contributed by atoms with Crippen molar-refractivity contribution in [3.8, 4) is 5.75 Å². The minimum absolute atomic E-state index is 0.0336. The number of nitrogens with one attached hydrogen (secondary N) is 1. The summed E-state index contributed by atoms with van der Waals surface area (Å²) in [5.74, 6) is 2.66. The molecule has 4 heterocycles. The Bertz CT molecular complexity index is 789. The van der Waals surface area contributed by atoms with Crippen molar-refractivity contribution in [2.24, 2.45) is 0 Å².